The Morgan fingerprint density at radius 2 is 2.00 bits per heavy atom. The van der Waals surface area contributed by atoms with Crippen LogP contribution < -0.4 is 4.74 Å². The summed E-state index contributed by atoms with van der Waals surface area (Å²) in [5.41, 5.74) is 0. The largest absolute Gasteiger partial charge is 0.489 e. The van der Waals surface area contributed by atoms with E-state index >= 15 is 0 Å². The van der Waals surface area contributed by atoms with Gasteiger partial charge in [-0.1, -0.05) is 15.9 Å². The maximum atomic E-state index is 10.0. The van der Waals surface area contributed by atoms with E-state index in [0.29, 0.717) is 12.4 Å². The van der Waals surface area contributed by atoms with E-state index in [1.54, 1.807) is 0 Å². The van der Waals surface area contributed by atoms with Crippen LogP contribution in [0.3, 0.4) is 0 Å². The molecule has 3 nitrogen and oxygen atoms in total. The van der Waals surface area contributed by atoms with Gasteiger partial charge in [0.1, 0.15) is 12.4 Å². The molecule has 1 saturated heterocycles. The van der Waals surface area contributed by atoms with E-state index in [1.807, 2.05) is 12.1 Å². The minimum atomic E-state index is -0.491. The summed E-state index contributed by atoms with van der Waals surface area (Å²) in [5, 5.41) is 10.0. The summed E-state index contributed by atoms with van der Waals surface area (Å²) in [6.07, 6.45) is 0.405. The Bertz CT molecular complexity index is 396. The summed E-state index contributed by atoms with van der Waals surface area (Å²) >= 11 is 10.3. The van der Waals surface area contributed by atoms with Crippen LogP contribution in [0.2, 0.25) is 0 Å². The lowest BCUT2D eigenvalue weighted by Gasteiger charge is -2.18. The second-order valence-electron chi connectivity index (χ2n) is 4.20. The average Bonchev–Trinajstić information content (AvgIpc) is 2.80. The molecule has 1 aliphatic heterocycles. The smallest absolute Gasteiger partial charge is 0.147 e. The average molecular weight is 445 g/mol. The van der Waals surface area contributed by atoms with Crippen molar-refractivity contribution in [3.63, 3.8) is 0 Å². The molecule has 100 valence electrons. The number of aliphatic hydroxyl groups excluding tert-OH is 1. The first-order valence-electron chi connectivity index (χ1n) is 5.61. The van der Waals surface area contributed by atoms with Gasteiger partial charge in [-0.3, -0.25) is 0 Å². The van der Waals surface area contributed by atoms with Crippen molar-refractivity contribution in [1.82, 2.24) is 0 Å². The van der Waals surface area contributed by atoms with Crippen molar-refractivity contribution in [3.8, 4) is 5.75 Å². The van der Waals surface area contributed by atoms with Crippen molar-refractivity contribution in [3.05, 3.63) is 25.6 Å². The van der Waals surface area contributed by atoms with E-state index in [0.717, 1.165) is 26.4 Å². The quantitative estimate of drug-likeness (QED) is 0.768. The second kappa shape index (κ2) is 6.70. The third-order valence-corrected chi connectivity index (χ3v) is 4.51. The van der Waals surface area contributed by atoms with E-state index in [9.17, 15) is 5.11 Å². The summed E-state index contributed by atoms with van der Waals surface area (Å²) in [4.78, 5) is 0. The highest BCUT2D eigenvalue weighted by molar-refractivity contribution is 9.11. The van der Waals surface area contributed by atoms with Gasteiger partial charge in [0, 0.05) is 17.0 Å². The molecule has 0 aromatic heterocycles. The molecule has 2 rings (SSSR count). The molecule has 0 aliphatic carbocycles. The van der Waals surface area contributed by atoms with Crippen LogP contribution in [0, 0.1) is 5.92 Å². The maximum absolute atomic E-state index is 10.0. The molecular weight excluding hydrogens is 432 g/mol. The van der Waals surface area contributed by atoms with Gasteiger partial charge >= 0.3 is 0 Å². The van der Waals surface area contributed by atoms with Crippen molar-refractivity contribution in [2.45, 2.75) is 12.5 Å². The minimum Gasteiger partial charge on any atom is -0.489 e. The molecule has 0 bridgehead atoms. The Balaban J connectivity index is 1.97. The fraction of sp³-hybridized carbons (Fsp3) is 0.500. The Morgan fingerprint density at radius 1 is 1.33 bits per heavy atom. The van der Waals surface area contributed by atoms with Gasteiger partial charge in [0.15, 0.2) is 0 Å². The van der Waals surface area contributed by atoms with Gasteiger partial charge in [-0.2, -0.15) is 0 Å². The van der Waals surface area contributed by atoms with Crippen LogP contribution in [0.25, 0.3) is 0 Å². The molecule has 1 fully saturated rings. The zero-order valence-electron chi connectivity index (χ0n) is 9.54. The van der Waals surface area contributed by atoms with Gasteiger partial charge in [-0.05, 0) is 50.4 Å². The topological polar surface area (TPSA) is 38.7 Å². The van der Waals surface area contributed by atoms with Crippen LogP contribution in [-0.4, -0.2) is 31.0 Å². The second-order valence-corrected chi connectivity index (χ2v) is 6.82. The van der Waals surface area contributed by atoms with Crippen molar-refractivity contribution < 1.29 is 14.6 Å². The molecule has 0 saturated carbocycles. The fourth-order valence-electron chi connectivity index (χ4n) is 1.83. The lowest BCUT2D eigenvalue weighted by Crippen LogP contribution is -2.27. The zero-order chi connectivity index (χ0) is 13.1. The van der Waals surface area contributed by atoms with Gasteiger partial charge in [0.05, 0.1) is 21.7 Å². The summed E-state index contributed by atoms with van der Waals surface area (Å²) in [5.74, 6) is 0.883. The van der Waals surface area contributed by atoms with Crippen molar-refractivity contribution in [2.75, 3.05) is 19.8 Å². The van der Waals surface area contributed by atoms with Crippen molar-refractivity contribution in [1.29, 1.82) is 0 Å². The SMILES string of the molecule is OC(COc1c(Br)cc(Br)cc1Br)C1CCOC1. The van der Waals surface area contributed by atoms with E-state index < -0.39 is 6.10 Å². The predicted octanol–water partition coefficient (Wildman–Crippen LogP) is 3.75. The number of ether oxygens (including phenoxy) is 2. The van der Waals surface area contributed by atoms with Gasteiger partial charge in [-0.15, -0.1) is 0 Å². The third kappa shape index (κ3) is 3.70. The molecule has 18 heavy (non-hydrogen) atoms. The maximum Gasteiger partial charge on any atom is 0.147 e. The van der Waals surface area contributed by atoms with Gasteiger partial charge < -0.3 is 14.6 Å². The molecule has 0 spiro atoms. The molecule has 0 amide bonds. The fourth-order valence-corrected chi connectivity index (χ4v) is 4.32. The molecule has 1 aromatic carbocycles. The lowest BCUT2D eigenvalue weighted by molar-refractivity contribution is 0.0494. The lowest BCUT2D eigenvalue weighted by atomic mass is 10.0. The van der Waals surface area contributed by atoms with Crippen LogP contribution >= 0.6 is 47.8 Å². The number of aliphatic hydroxyl groups is 1. The molecule has 2 atom stereocenters. The highest BCUT2D eigenvalue weighted by Crippen LogP contribution is 2.36. The number of hydrogen-bond acceptors (Lipinski definition) is 3. The highest BCUT2D eigenvalue weighted by Gasteiger charge is 2.24. The van der Waals surface area contributed by atoms with Crippen molar-refractivity contribution in [2.24, 2.45) is 5.92 Å². The normalized spacial score (nSPS) is 21.0. The van der Waals surface area contributed by atoms with Gasteiger partial charge in [0.2, 0.25) is 0 Å². The first-order valence-corrected chi connectivity index (χ1v) is 7.99. The summed E-state index contributed by atoms with van der Waals surface area (Å²) in [7, 11) is 0. The van der Waals surface area contributed by atoms with E-state index in [2.05, 4.69) is 47.8 Å². The molecule has 1 aromatic rings. The molecule has 0 radical (unpaired) electrons. The molecule has 1 aliphatic rings. The first kappa shape index (κ1) is 14.8. The van der Waals surface area contributed by atoms with Crippen LogP contribution in [0.15, 0.2) is 25.6 Å². The Kier molecular flexibility index (Phi) is 5.50. The number of rotatable bonds is 4. The van der Waals surface area contributed by atoms with E-state index in [4.69, 9.17) is 9.47 Å². The summed E-state index contributed by atoms with van der Waals surface area (Å²) in [6, 6.07) is 3.82. The van der Waals surface area contributed by atoms with E-state index in [-0.39, 0.29) is 12.5 Å². The van der Waals surface area contributed by atoms with Gasteiger partial charge in [0.25, 0.3) is 0 Å². The Labute approximate surface area is 131 Å². The van der Waals surface area contributed by atoms with Gasteiger partial charge in [-0.25, -0.2) is 0 Å². The monoisotopic (exact) mass is 442 g/mol. The van der Waals surface area contributed by atoms with Crippen LogP contribution in [-0.2, 0) is 4.74 Å². The molecule has 6 heteroatoms. The summed E-state index contributed by atoms with van der Waals surface area (Å²) < 4.78 is 13.6. The first-order chi connectivity index (χ1) is 8.58. The van der Waals surface area contributed by atoms with Crippen LogP contribution in [0.4, 0.5) is 0 Å². The molecule has 1 N–H and O–H groups in total. The highest BCUT2D eigenvalue weighted by atomic mass is 79.9. The van der Waals surface area contributed by atoms with Crippen LogP contribution in [0.1, 0.15) is 6.42 Å². The number of hydrogen-bond donors (Lipinski definition) is 1. The summed E-state index contributed by atoms with van der Waals surface area (Å²) in [6.45, 7) is 1.62. The Morgan fingerprint density at radius 3 is 2.56 bits per heavy atom. The van der Waals surface area contributed by atoms with Crippen molar-refractivity contribution >= 4 is 47.8 Å². The van der Waals surface area contributed by atoms with E-state index in [1.165, 1.54) is 0 Å². The third-order valence-electron chi connectivity index (χ3n) is 2.87. The zero-order valence-corrected chi connectivity index (χ0v) is 14.3. The number of benzene rings is 1. The minimum absolute atomic E-state index is 0.179. The predicted molar refractivity (Wildman–Crippen MR) is 80.0 cm³/mol. The number of halogens is 3. The molecule has 1 heterocycles. The van der Waals surface area contributed by atoms with Crippen LogP contribution in [0.5, 0.6) is 5.75 Å². The Hall–Kier alpha value is 0.380. The standard InChI is InChI=1S/C12H13Br3O3/c13-8-3-9(14)12(10(15)4-8)18-6-11(16)7-1-2-17-5-7/h3-4,7,11,16H,1-2,5-6H2. The molecule has 2 unspecified atom stereocenters. The molecular formula is C12H13Br3O3.